The van der Waals surface area contributed by atoms with Gasteiger partial charge < -0.3 is 0 Å². The number of nitrogens with zero attached hydrogens (tertiary/aromatic N) is 2. The van der Waals surface area contributed by atoms with E-state index in [-0.39, 0.29) is 0 Å². The number of aryl methyl sites for hydroxylation is 1. The van der Waals surface area contributed by atoms with Crippen molar-refractivity contribution in [3.63, 3.8) is 0 Å². The van der Waals surface area contributed by atoms with Crippen LogP contribution in [-0.4, -0.2) is 15.2 Å². The number of rotatable bonds is 2. The molecule has 0 bridgehead atoms. The molecule has 0 unspecified atom stereocenters. The van der Waals surface area contributed by atoms with E-state index < -0.39 is 0 Å². The third kappa shape index (κ3) is 1.87. The van der Waals surface area contributed by atoms with Gasteiger partial charge in [0.05, 0.1) is 0 Å². The molecule has 0 spiro atoms. The Labute approximate surface area is 103 Å². The second kappa shape index (κ2) is 4.14. The van der Waals surface area contributed by atoms with Crippen LogP contribution in [0.1, 0.15) is 5.56 Å². The molecule has 0 atom stereocenters. The Bertz CT molecular complexity index is 625. The molecule has 1 aromatic carbocycles. The lowest BCUT2D eigenvalue weighted by atomic mass is 10.2. The predicted molar refractivity (Wildman–Crippen MR) is 69.9 cm³/mol. The van der Waals surface area contributed by atoms with Crippen LogP contribution in [0, 0.1) is 6.92 Å². The monoisotopic (exact) mass is 241 g/mol. The quantitative estimate of drug-likeness (QED) is 0.746. The lowest BCUT2D eigenvalue weighted by Crippen LogP contribution is -1.80. The highest BCUT2D eigenvalue weighted by molar-refractivity contribution is 7.08. The van der Waals surface area contributed by atoms with Crippen molar-refractivity contribution in [3.05, 3.63) is 46.7 Å². The fourth-order valence-corrected chi connectivity index (χ4v) is 2.53. The van der Waals surface area contributed by atoms with E-state index in [4.69, 9.17) is 0 Å². The van der Waals surface area contributed by atoms with Crippen molar-refractivity contribution in [3.8, 4) is 22.8 Å². The number of hydrogen-bond donors (Lipinski definition) is 1. The minimum atomic E-state index is 0.742. The highest BCUT2D eigenvalue weighted by Gasteiger charge is 2.09. The average molecular weight is 241 g/mol. The molecule has 4 heteroatoms. The summed E-state index contributed by atoms with van der Waals surface area (Å²) in [4.78, 5) is 4.52. The van der Waals surface area contributed by atoms with Gasteiger partial charge in [0, 0.05) is 16.5 Å². The fourth-order valence-electron chi connectivity index (χ4n) is 1.70. The van der Waals surface area contributed by atoms with Crippen LogP contribution in [0.15, 0.2) is 41.1 Å². The number of hydrogen-bond acceptors (Lipinski definition) is 3. The van der Waals surface area contributed by atoms with Gasteiger partial charge in [-0.15, -0.1) is 0 Å². The predicted octanol–water partition coefficient (Wildman–Crippen LogP) is 3.51. The largest absolute Gasteiger partial charge is 0.259 e. The highest BCUT2D eigenvalue weighted by Crippen LogP contribution is 2.25. The topological polar surface area (TPSA) is 41.6 Å². The average Bonchev–Trinajstić information content (AvgIpc) is 2.98. The number of aromatic nitrogens is 3. The molecule has 0 aliphatic heterocycles. The number of nitrogens with one attached hydrogen (secondary N) is 1. The number of aromatic amines is 1. The summed E-state index contributed by atoms with van der Waals surface area (Å²) in [5, 5.41) is 11.4. The van der Waals surface area contributed by atoms with Gasteiger partial charge in [0.25, 0.3) is 0 Å². The van der Waals surface area contributed by atoms with Crippen molar-refractivity contribution < 1.29 is 0 Å². The molecular weight excluding hydrogens is 230 g/mol. The van der Waals surface area contributed by atoms with E-state index in [1.165, 1.54) is 5.56 Å². The molecule has 0 aliphatic rings. The van der Waals surface area contributed by atoms with Crippen molar-refractivity contribution in [2.45, 2.75) is 6.92 Å². The van der Waals surface area contributed by atoms with Gasteiger partial charge in [0.15, 0.2) is 11.6 Å². The maximum Gasteiger partial charge on any atom is 0.181 e. The summed E-state index contributed by atoms with van der Waals surface area (Å²) in [6.45, 7) is 2.08. The van der Waals surface area contributed by atoms with Gasteiger partial charge in [-0.1, -0.05) is 30.3 Å². The summed E-state index contributed by atoms with van der Waals surface area (Å²) < 4.78 is 0. The van der Waals surface area contributed by atoms with Crippen molar-refractivity contribution in [2.24, 2.45) is 0 Å². The first-order valence-corrected chi connectivity index (χ1v) is 6.30. The minimum absolute atomic E-state index is 0.742. The first-order chi connectivity index (χ1) is 8.34. The summed E-state index contributed by atoms with van der Waals surface area (Å²) >= 11 is 1.68. The van der Waals surface area contributed by atoms with Gasteiger partial charge in [0.2, 0.25) is 0 Å². The summed E-state index contributed by atoms with van der Waals surface area (Å²) in [7, 11) is 0. The molecule has 3 rings (SSSR count). The smallest absolute Gasteiger partial charge is 0.181 e. The van der Waals surface area contributed by atoms with Crippen molar-refractivity contribution in [1.82, 2.24) is 15.2 Å². The van der Waals surface area contributed by atoms with Crippen LogP contribution in [0.5, 0.6) is 0 Å². The SMILES string of the molecule is Cc1cscc1-c1nc(-c2ccccc2)n[nH]1. The molecule has 0 radical (unpaired) electrons. The Balaban J connectivity index is 2.02. The van der Waals surface area contributed by atoms with Gasteiger partial charge in [-0.05, 0) is 17.9 Å². The van der Waals surface area contributed by atoms with Crippen LogP contribution in [0.3, 0.4) is 0 Å². The lowest BCUT2D eigenvalue weighted by molar-refractivity contribution is 1.10. The number of benzene rings is 1. The van der Waals surface area contributed by atoms with E-state index in [0.717, 1.165) is 22.8 Å². The molecule has 17 heavy (non-hydrogen) atoms. The molecule has 0 saturated carbocycles. The van der Waals surface area contributed by atoms with Crippen LogP contribution < -0.4 is 0 Å². The second-order valence-corrected chi connectivity index (χ2v) is 4.59. The Morgan fingerprint density at radius 1 is 1.12 bits per heavy atom. The van der Waals surface area contributed by atoms with E-state index in [1.807, 2.05) is 30.3 Å². The van der Waals surface area contributed by atoms with E-state index in [0.29, 0.717) is 0 Å². The zero-order valence-corrected chi connectivity index (χ0v) is 10.2. The standard InChI is InChI=1S/C13H11N3S/c1-9-7-17-8-11(9)13-14-12(15-16-13)10-5-3-2-4-6-10/h2-8H,1H3,(H,14,15,16). The molecule has 3 nitrogen and oxygen atoms in total. The van der Waals surface area contributed by atoms with Gasteiger partial charge in [0.1, 0.15) is 0 Å². The summed E-state index contributed by atoms with van der Waals surface area (Å²) in [5.41, 5.74) is 3.39. The molecule has 84 valence electrons. The van der Waals surface area contributed by atoms with Crippen molar-refractivity contribution in [1.29, 1.82) is 0 Å². The third-order valence-electron chi connectivity index (χ3n) is 2.63. The first kappa shape index (κ1) is 10.2. The molecule has 2 aromatic heterocycles. The normalized spacial score (nSPS) is 10.6. The Hall–Kier alpha value is -1.94. The first-order valence-electron chi connectivity index (χ1n) is 5.35. The van der Waals surface area contributed by atoms with E-state index >= 15 is 0 Å². The molecular formula is C13H11N3S. The molecule has 0 saturated heterocycles. The van der Waals surface area contributed by atoms with E-state index in [1.54, 1.807) is 11.3 Å². The highest BCUT2D eigenvalue weighted by atomic mass is 32.1. The molecule has 0 fully saturated rings. The summed E-state index contributed by atoms with van der Waals surface area (Å²) in [6, 6.07) is 9.98. The maximum atomic E-state index is 4.52. The minimum Gasteiger partial charge on any atom is -0.259 e. The third-order valence-corrected chi connectivity index (χ3v) is 3.49. The Morgan fingerprint density at radius 3 is 2.65 bits per heavy atom. The van der Waals surface area contributed by atoms with Crippen molar-refractivity contribution in [2.75, 3.05) is 0 Å². The summed E-state index contributed by atoms with van der Waals surface area (Å²) in [6.07, 6.45) is 0. The van der Waals surface area contributed by atoms with Crippen LogP contribution in [0.2, 0.25) is 0 Å². The molecule has 2 heterocycles. The zero-order chi connectivity index (χ0) is 11.7. The van der Waals surface area contributed by atoms with E-state index in [9.17, 15) is 0 Å². The Morgan fingerprint density at radius 2 is 1.94 bits per heavy atom. The van der Waals surface area contributed by atoms with Gasteiger partial charge in [-0.3, -0.25) is 5.10 Å². The van der Waals surface area contributed by atoms with Crippen LogP contribution >= 0.6 is 11.3 Å². The van der Waals surface area contributed by atoms with Crippen LogP contribution in [-0.2, 0) is 0 Å². The van der Waals surface area contributed by atoms with Gasteiger partial charge in [-0.2, -0.15) is 16.4 Å². The van der Waals surface area contributed by atoms with Crippen LogP contribution in [0.25, 0.3) is 22.8 Å². The molecule has 3 aromatic rings. The van der Waals surface area contributed by atoms with Crippen LogP contribution in [0.4, 0.5) is 0 Å². The second-order valence-electron chi connectivity index (χ2n) is 3.84. The van der Waals surface area contributed by atoms with E-state index in [2.05, 4.69) is 32.9 Å². The van der Waals surface area contributed by atoms with Gasteiger partial charge >= 0.3 is 0 Å². The fraction of sp³-hybridized carbons (Fsp3) is 0.0769. The zero-order valence-electron chi connectivity index (χ0n) is 9.34. The maximum absolute atomic E-state index is 4.52. The van der Waals surface area contributed by atoms with Crippen molar-refractivity contribution >= 4 is 11.3 Å². The summed E-state index contributed by atoms with van der Waals surface area (Å²) in [5.74, 6) is 1.58. The number of H-pyrrole nitrogens is 1. The lowest BCUT2D eigenvalue weighted by Gasteiger charge is -1.93. The Kier molecular flexibility index (Phi) is 2.49. The molecule has 1 N–H and O–H groups in total. The molecule has 0 aliphatic carbocycles. The molecule has 0 amide bonds. The number of thiophene rings is 1. The van der Waals surface area contributed by atoms with Gasteiger partial charge in [-0.25, -0.2) is 4.98 Å².